The molecule has 1 aromatic heterocycles. The lowest BCUT2D eigenvalue weighted by Crippen LogP contribution is -2.06. The second kappa shape index (κ2) is 5.36. The van der Waals surface area contributed by atoms with Gasteiger partial charge < -0.3 is 9.84 Å². The molecule has 1 atom stereocenters. The van der Waals surface area contributed by atoms with E-state index in [-0.39, 0.29) is 0 Å². The summed E-state index contributed by atoms with van der Waals surface area (Å²) in [7, 11) is 1.54. The van der Waals surface area contributed by atoms with E-state index >= 15 is 0 Å². The predicted molar refractivity (Wildman–Crippen MR) is 73.3 cm³/mol. The van der Waals surface area contributed by atoms with Gasteiger partial charge in [0.25, 0.3) is 0 Å². The van der Waals surface area contributed by atoms with Crippen LogP contribution in [0.4, 0.5) is 0 Å². The average molecular weight is 258 g/mol. The number of hydrogen-bond acceptors (Lipinski definition) is 4. The van der Waals surface area contributed by atoms with Gasteiger partial charge in [-0.15, -0.1) is 10.2 Å². The number of hydrogen-bond donors (Lipinski definition) is 1. The molecule has 1 unspecified atom stereocenters. The van der Waals surface area contributed by atoms with Crippen molar-refractivity contribution in [2.45, 2.75) is 26.9 Å². The molecule has 0 fully saturated rings. The van der Waals surface area contributed by atoms with Gasteiger partial charge in [0.2, 0.25) is 5.88 Å². The van der Waals surface area contributed by atoms with E-state index in [2.05, 4.69) is 23.2 Å². The van der Waals surface area contributed by atoms with E-state index in [1.54, 1.807) is 12.1 Å². The van der Waals surface area contributed by atoms with Gasteiger partial charge in [-0.2, -0.15) is 0 Å². The summed E-state index contributed by atoms with van der Waals surface area (Å²) >= 11 is 0. The summed E-state index contributed by atoms with van der Waals surface area (Å²) < 4.78 is 4.96. The monoisotopic (exact) mass is 258 g/mol. The Labute approximate surface area is 113 Å². The van der Waals surface area contributed by atoms with Crippen molar-refractivity contribution in [3.63, 3.8) is 0 Å². The summed E-state index contributed by atoms with van der Waals surface area (Å²) in [5.74, 6) is 0.438. The molecule has 19 heavy (non-hydrogen) atoms. The molecule has 0 amide bonds. The molecule has 0 aliphatic rings. The molecular formula is C15H18N2O2. The maximum absolute atomic E-state index is 10.4. The first-order valence-electron chi connectivity index (χ1n) is 6.16. The Bertz CT molecular complexity index is 579. The molecule has 100 valence electrons. The minimum absolute atomic E-state index is 0.438. The largest absolute Gasteiger partial charge is 0.480 e. The van der Waals surface area contributed by atoms with Crippen molar-refractivity contribution in [3.05, 3.63) is 52.2 Å². The summed E-state index contributed by atoms with van der Waals surface area (Å²) in [4.78, 5) is 0. The Balaban J connectivity index is 2.37. The smallest absolute Gasteiger partial charge is 0.233 e. The van der Waals surface area contributed by atoms with Crippen molar-refractivity contribution >= 4 is 0 Å². The third-order valence-corrected chi connectivity index (χ3v) is 3.33. The van der Waals surface area contributed by atoms with E-state index in [9.17, 15) is 5.11 Å². The van der Waals surface area contributed by atoms with E-state index < -0.39 is 6.10 Å². The number of nitrogens with zero attached hydrogens (tertiary/aromatic N) is 2. The van der Waals surface area contributed by atoms with Crippen LogP contribution in [0.2, 0.25) is 0 Å². The van der Waals surface area contributed by atoms with E-state index in [1.807, 2.05) is 19.9 Å². The van der Waals surface area contributed by atoms with Crippen LogP contribution in [0.25, 0.3) is 0 Å². The maximum atomic E-state index is 10.4. The SMILES string of the molecule is COc1ccc(C(O)c2cc(C)c(C)cc2C)nn1. The Kier molecular flexibility index (Phi) is 3.81. The van der Waals surface area contributed by atoms with Crippen molar-refractivity contribution in [2.75, 3.05) is 7.11 Å². The van der Waals surface area contributed by atoms with Gasteiger partial charge in [0.05, 0.1) is 12.8 Å². The summed E-state index contributed by atoms with van der Waals surface area (Å²) in [6.45, 7) is 6.08. The lowest BCUT2D eigenvalue weighted by atomic mass is 9.96. The average Bonchev–Trinajstić information content (AvgIpc) is 2.42. The van der Waals surface area contributed by atoms with Crippen LogP contribution < -0.4 is 4.74 Å². The highest BCUT2D eigenvalue weighted by Gasteiger charge is 2.16. The standard InChI is InChI=1S/C15H18N2O2/c1-9-7-11(3)12(8-10(9)2)15(18)13-5-6-14(19-4)17-16-13/h5-8,15,18H,1-4H3. The zero-order valence-corrected chi connectivity index (χ0v) is 11.6. The molecule has 2 rings (SSSR count). The van der Waals surface area contributed by atoms with Crippen molar-refractivity contribution in [1.82, 2.24) is 10.2 Å². The van der Waals surface area contributed by atoms with Gasteiger partial charge in [-0.1, -0.05) is 12.1 Å². The minimum atomic E-state index is -0.766. The molecular weight excluding hydrogens is 240 g/mol. The number of ether oxygens (including phenoxy) is 1. The van der Waals surface area contributed by atoms with E-state index in [0.29, 0.717) is 11.6 Å². The predicted octanol–water partition coefficient (Wildman–Crippen LogP) is 2.49. The number of aryl methyl sites for hydroxylation is 3. The molecule has 0 bridgehead atoms. The summed E-state index contributed by atoms with van der Waals surface area (Å²) in [5, 5.41) is 18.3. The van der Waals surface area contributed by atoms with Gasteiger partial charge >= 0.3 is 0 Å². The number of aliphatic hydroxyl groups excluding tert-OH is 1. The first-order valence-corrected chi connectivity index (χ1v) is 6.16. The topological polar surface area (TPSA) is 55.2 Å². The lowest BCUT2D eigenvalue weighted by Gasteiger charge is -2.15. The van der Waals surface area contributed by atoms with Gasteiger partial charge in [0.15, 0.2) is 0 Å². The number of aliphatic hydroxyl groups is 1. The zero-order valence-electron chi connectivity index (χ0n) is 11.6. The molecule has 4 heteroatoms. The second-order valence-electron chi connectivity index (χ2n) is 4.70. The van der Waals surface area contributed by atoms with Gasteiger partial charge in [0.1, 0.15) is 6.10 Å². The molecule has 4 nitrogen and oxygen atoms in total. The molecule has 0 saturated heterocycles. The highest BCUT2D eigenvalue weighted by molar-refractivity contribution is 5.40. The van der Waals surface area contributed by atoms with Crippen molar-refractivity contribution in [2.24, 2.45) is 0 Å². The molecule has 0 aliphatic carbocycles. The number of benzene rings is 1. The molecule has 0 radical (unpaired) electrons. The van der Waals surface area contributed by atoms with E-state index in [0.717, 1.165) is 16.7 Å². The molecule has 0 spiro atoms. The first kappa shape index (κ1) is 13.5. The molecule has 1 aromatic carbocycles. The molecule has 1 heterocycles. The second-order valence-corrected chi connectivity index (χ2v) is 4.70. The third kappa shape index (κ3) is 2.74. The first-order chi connectivity index (χ1) is 9.02. The van der Waals surface area contributed by atoms with Crippen molar-refractivity contribution in [3.8, 4) is 5.88 Å². The molecule has 2 aromatic rings. The third-order valence-electron chi connectivity index (χ3n) is 3.33. The van der Waals surface area contributed by atoms with Crippen LogP contribution in [-0.2, 0) is 0 Å². The van der Waals surface area contributed by atoms with Crippen LogP contribution in [0.1, 0.15) is 34.1 Å². The molecule has 0 saturated carbocycles. The molecule has 0 aliphatic heterocycles. The number of methoxy groups -OCH3 is 1. The Morgan fingerprint density at radius 1 is 1.00 bits per heavy atom. The Morgan fingerprint density at radius 2 is 1.68 bits per heavy atom. The minimum Gasteiger partial charge on any atom is -0.480 e. The highest BCUT2D eigenvalue weighted by atomic mass is 16.5. The van der Waals surface area contributed by atoms with Crippen molar-refractivity contribution in [1.29, 1.82) is 0 Å². The van der Waals surface area contributed by atoms with E-state index in [1.165, 1.54) is 12.7 Å². The van der Waals surface area contributed by atoms with Crippen LogP contribution in [0.15, 0.2) is 24.3 Å². The van der Waals surface area contributed by atoms with Crippen LogP contribution in [0.5, 0.6) is 5.88 Å². The fraction of sp³-hybridized carbons (Fsp3) is 0.333. The van der Waals surface area contributed by atoms with Crippen LogP contribution >= 0.6 is 0 Å². The number of aromatic nitrogens is 2. The number of rotatable bonds is 3. The van der Waals surface area contributed by atoms with Crippen LogP contribution in [-0.4, -0.2) is 22.4 Å². The summed E-state index contributed by atoms with van der Waals surface area (Å²) in [6, 6.07) is 7.50. The Hall–Kier alpha value is -1.94. The summed E-state index contributed by atoms with van der Waals surface area (Å²) in [5.41, 5.74) is 4.80. The maximum Gasteiger partial charge on any atom is 0.233 e. The molecule has 1 N–H and O–H groups in total. The fourth-order valence-electron chi connectivity index (χ4n) is 2.02. The van der Waals surface area contributed by atoms with Crippen LogP contribution in [0.3, 0.4) is 0 Å². The summed E-state index contributed by atoms with van der Waals surface area (Å²) in [6.07, 6.45) is -0.766. The fourth-order valence-corrected chi connectivity index (χ4v) is 2.02. The quantitative estimate of drug-likeness (QED) is 0.919. The highest BCUT2D eigenvalue weighted by Crippen LogP contribution is 2.26. The van der Waals surface area contributed by atoms with E-state index in [4.69, 9.17) is 4.74 Å². The van der Waals surface area contributed by atoms with Crippen LogP contribution in [0, 0.1) is 20.8 Å². The van der Waals surface area contributed by atoms with Gasteiger partial charge in [-0.05, 0) is 49.1 Å². The van der Waals surface area contributed by atoms with Gasteiger partial charge in [0, 0.05) is 6.07 Å². The Morgan fingerprint density at radius 3 is 2.26 bits per heavy atom. The normalized spacial score (nSPS) is 12.3. The lowest BCUT2D eigenvalue weighted by molar-refractivity contribution is 0.212. The van der Waals surface area contributed by atoms with Gasteiger partial charge in [-0.25, -0.2) is 0 Å². The van der Waals surface area contributed by atoms with Crippen molar-refractivity contribution < 1.29 is 9.84 Å². The zero-order chi connectivity index (χ0) is 14.0. The van der Waals surface area contributed by atoms with Gasteiger partial charge in [-0.3, -0.25) is 0 Å².